The summed E-state index contributed by atoms with van der Waals surface area (Å²) < 4.78 is 17.5. The summed E-state index contributed by atoms with van der Waals surface area (Å²) in [6.07, 6.45) is 2.30. The number of halogens is 1. The molecule has 2 N–H and O–H groups in total. The monoisotopic (exact) mass is 472 g/mol. The van der Waals surface area contributed by atoms with Gasteiger partial charge in [0.2, 0.25) is 0 Å². The molecule has 0 unspecified atom stereocenters. The Kier molecular flexibility index (Phi) is 7.46. The van der Waals surface area contributed by atoms with Gasteiger partial charge >= 0.3 is 19.2 Å². The van der Waals surface area contributed by atoms with E-state index < -0.39 is 30.4 Å². The molecule has 1 amide bonds. The standard InChI is InChI=1S/C23H26BClN2O6/c1-22(2)23(3,4)33-24(32-22)17(10-16-12-26-19(25)11-18(16)20(28)29)13-27-21(30)31-14-15-8-6-5-7-9-15/h5-12H,13-14H2,1-4H3,(H,27,30)(H,28,29). The Bertz CT molecular complexity index is 1040. The molecule has 1 aromatic carbocycles. The molecule has 1 aliphatic heterocycles. The van der Waals surface area contributed by atoms with Crippen LogP contribution in [0, 0.1) is 0 Å². The van der Waals surface area contributed by atoms with Crippen LogP contribution >= 0.6 is 11.6 Å². The Hall–Kier alpha value is -2.88. The van der Waals surface area contributed by atoms with Gasteiger partial charge < -0.3 is 24.5 Å². The van der Waals surface area contributed by atoms with Crippen LogP contribution < -0.4 is 5.32 Å². The zero-order valence-corrected chi connectivity index (χ0v) is 19.7. The van der Waals surface area contributed by atoms with Gasteiger partial charge in [-0.05, 0) is 44.8 Å². The number of hydrogen-bond donors (Lipinski definition) is 2. The van der Waals surface area contributed by atoms with Gasteiger partial charge in [0.15, 0.2) is 0 Å². The number of carbonyl (C=O) groups excluding carboxylic acids is 1. The SMILES string of the molecule is CC1(C)OB(C(=Cc2cnc(Cl)cc2C(=O)O)CNC(=O)OCc2ccccc2)OC1(C)C. The minimum Gasteiger partial charge on any atom is -0.478 e. The highest BCUT2D eigenvalue weighted by atomic mass is 35.5. The lowest BCUT2D eigenvalue weighted by Gasteiger charge is -2.32. The summed E-state index contributed by atoms with van der Waals surface area (Å²) in [5.41, 5.74) is 0.369. The average molecular weight is 473 g/mol. The maximum absolute atomic E-state index is 12.3. The van der Waals surface area contributed by atoms with Crippen molar-refractivity contribution in [1.82, 2.24) is 10.3 Å². The predicted molar refractivity (Wildman–Crippen MR) is 125 cm³/mol. The molecular formula is C23H26BClN2O6. The van der Waals surface area contributed by atoms with Crippen molar-refractivity contribution in [3.05, 3.63) is 69.9 Å². The number of pyridine rings is 1. The maximum atomic E-state index is 12.3. The number of nitrogens with one attached hydrogen (secondary N) is 1. The molecule has 0 saturated carbocycles. The number of benzene rings is 1. The topological polar surface area (TPSA) is 107 Å². The molecule has 2 aromatic rings. The van der Waals surface area contributed by atoms with E-state index in [-0.39, 0.29) is 23.9 Å². The third-order valence-corrected chi connectivity index (χ3v) is 5.89. The van der Waals surface area contributed by atoms with Crippen molar-refractivity contribution in [1.29, 1.82) is 0 Å². The molecule has 1 fully saturated rings. The van der Waals surface area contributed by atoms with Gasteiger partial charge in [-0.15, -0.1) is 0 Å². The molecule has 3 rings (SSSR count). The second-order valence-electron chi connectivity index (χ2n) is 8.62. The first-order valence-electron chi connectivity index (χ1n) is 10.4. The summed E-state index contributed by atoms with van der Waals surface area (Å²) in [6.45, 7) is 7.73. The molecule has 174 valence electrons. The van der Waals surface area contributed by atoms with Crippen LogP contribution in [-0.4, -0.2) is 47.0 Å². The fourth-order valence-electron chi connectivity index (χ4n) is 3.09. The van der Waals surface area contributed by atoms with Crippen molar-refractivity contribution < 1.29 is 28.7 Å². The highest BCUT2D eigenvalue weighted by Gasteiger charge is 2.52. The van der Waals surface area contributed by atoms with Crippen LogP contribution in [0.15, 0.2) is 48.1 Å². The molecule has 0 aliphatic carbocycles. The summed E-state index contributed by atoms with van der Waals surface area (Å²) in [7, 11) is -0.818. The summed E-state index contributed by atoms with van der Waals surface area (Å²) in [6, 6.07) is 10.6. The Morgan fingerprint density at radius 1 is 1.18 bits per heavy atom. The van der Waals surface area contributed by atoms with Crippen molar-refractivity contribution in [2.75, 3.05) is 6.54 Å². The molecule has 0 atom stereocenters. The minimum absolute atomic E-state index is 0.00609. The van der Waals surface area contributed by atoms with Gasteiger partial charge in [0.05, 0.1) is 16.8 Å². The van der Waals surface area contributed by atoms with Crippen LogP contribution in [0.3, 0.4) is 0 Å². The number of hydrogen-bond acceptors (Lipinski definition) is 6. The maximum Gasteiger partial charge on any atom is 0.492 e. The van der Waals surface area contributed by atoms with Crippen molar-refractivity contribution in [3.63, 3.8) is 0 Å². The molecule has 1 aliphatic rings. The van der Waals surface area contributed by atoms with Crippen molar-refractivity contribution in [2.24, 2.45) is 0 Å². The summed E-state index contributed by atoms with van der Waals surface area (Å²) >= 11 is 5.87. The number of carboxylic acids is 1. The van der Waals surface area contributed by atoms with Crippen LogP contribution in [0.2, 0.25) is 5.15 Å². The Labute approximate surface area is 198 Å². The zero-order chi connectivity index (χ0) is 24.2. The van der Waals surface area contributed by atoms with Gasteiger partial charge in [-0.25, -0.2) is 14.6 Å². The summed E-state index contributed by atoms with van der Waals surface area (Å²) in [4.78, 5) is 28.0. The summed E-state index contributed by atoms with van der Waals surface area (Å²) in [5.74, 6) is -1.16. The van der Waals surface area contributed by atoms with Crippen molar-refractivity contribution in [3.8, 4) is 0 Å². The number of amides is 1. The Morgan fingerprint density at radius 2 is 1.82 bits per heavy atom. The van der Waals surface area contributed by atoms with E-state index >= 15 is 0 Å². The van der Waals surface area contributed by atoms with E-state index in [0.29, 0.717) is 11.0 Å². The molecule has 1 saturated heterocycles. The number of rotatable bonds is 7. The van der Waals surface area contributed by atoms with Gasteiger partial charge in [-0.1, -0.05) is 48.0 Å². The number of ether oxygens (including phenoxy) is 1. The fraction of sp³-hybridized carbons (Fsp3) is 0.348. The van der Waals surface area contributed by atoms with Crippen LogP contribution in [0.5, 0.6) is 0 Å². The largest absolute Gasteiger partial charge is 0.492 e. The average Bonchev–Trinajstić information content (AvgIpc) is 2.97. The van der Waals surface area contributed by atoms with Gasteiger partial charge in [0, 0.05) is 18.3 Å². The Morgan fingerprint density at radius 3 is 2.42 bits per heavy atom. The third-order valence-electron chi connectivity index (χ3n) is 5.68. The highest BCUT2D eigenvalue weighted by Crippen LogP contribution is 2.38. The van der Waals surface area contributed by atoms with E-state index in [4.69, 9.17) is 25.6 Å². The van der Waals surface area contributed by atoms with E-state index in [1.807, 2.05) is 58.0 Å². The second-order valence-corrected chi connectivity index (χ2v) is 9.01. The van der Waals surface area contributed by atoms with Crippen LogP contribution in [0.4, 0.5) is 4.79 Å². The van der Waals surface area contributed by atoms with E-state index in [2.05, 4.69) is 10.3 Å². The molecule has 2 heterocycles. The fourth-order valence-corrected chi connectivity index (χ4v) is 3.24. The molecule has 1 aromatic heterocycles. The molecule has 0 radical (unpaired) electrons. The van der Waals surface area contributed by atoms with E-state index in [1.165, 1.54) is 12.3 Å². The molecule has 0 bridgehead atoms. The van der Waals surface area contributed by atoms with E-state index in [1.54, 1.807) is 6.08 Å². The second kappa shape index (κ2) is 9.95. The number of nitrogens with zero attached hydrogens (tertiary/aromatic N) is 1. The van der Waals surface area contributed by atoms with Crippen LogP contribution in [-0.2, 0) is 20.7 Å². The number of carboxylic acid groups (broad SMARTS) is 1. The van der Waals surface area contributed by atoms with Gasteiger partial charge in [-0.3, -0.25) is 0 Å². The molecule has 0 spiro atoms. The van der Waals surface area contributed by atoms with E-state index in [0.717, 1.165) is 5.56 Å². The molecule has 33 heavy (non-hydrogen) atoms. The first-order valence-corrected chi connectivity index (χ1v) is 10.8. The van der Waals surface area contributed by atoms with Gasteiger partial charge in [0.1, 0.15) is 11.8 Å². The first-order chi connectivity index (χ1) is 15.5. The normalized spacial score (nSPS) is 17.0. The predicted octanol–water partition coefficient (Wildman–Crippen LogP) is 4.37. The van der Waals surface area contributed by atoms with Gasteiger partial charge in [-0.2, -0.15) is 0 Å². The van der Waals surface area contributed by atoms with Crippen molar-refractivity contribution in [2.45, 2.75) is 45.5 Å². The lowest BCUT2D eigenvalue weighted by atomic mass is 9.76. The number of aromatic carboxylic acids is 1. The number of carbonyl (C=O) groups is 2. The smallest absolute Gasteiger partial charge is 0.478 e. The van der Waals surface area contributed by atoms with Crippen molar-refractivity contribution >= 4 is 36.9 Å². The van der Waals surface area contributed by atoms with Crippen LogP contribution in [0.25, 0.3) is 6.08 Å². The molecule has 8 nitrogen and oxygen atoms in total. The minimum atomic E-state index is -1.16. The third kappa shape index (κ3) is 6.13. The Balaban J connectivity index is 1.82. The van der Waals surface area contributed by atoms with Crippen LogP contribution in [0.1, 0.15) is 49.2 Å². The lowest BCUT2D eigenvalue weighted by Crippen LogP contribution is -2.41. The van der Waals surface area contributed by atoms with Gasteiger partial charge in [0.25, 0.3) is 0 Å². The number of alkyl carbamates (subject to hydrolysis) is 1. The lowest BCUT2D eigenvalue weighted by molar-refractivity contribution is 0.00578. The zero-order valence-electron chi connectivity index (χ0n) is 18.9. The molecular weight excluding hydrogens is 447 g/mol. The number of aromatic nitrogens is 1. The summed E-state index contributed by atoms with van der Waals surface area (Å²) in [5, 5.41) is 12.3. The first kappa shape index (κ1) is 24.8. The van der Waals surface area contributed by atoms with E-state index in [9.17, 15) is 14.7 Å². The quantitative estimate of drug-likeness (QED) is 0.455. The molecule has 10 heteroatoms. The highest BCUT2D eigenvalue weighted by molar-refractivity contribution is 6.56.